The Bertz CT molecular complexity index is 255. The second-order valence-electron chi connectivity index (χ2n) is 6.96. The highest BCUT2D eigenvalue weighted by Gasteiger charge is 2.27. The van der Waals surface area contributed by atoms with Crippen LogP contribution in [0.25, 0.3) is 0 Å². The lowest BCUT2D eigenvalue weighted by Crippen LogP contribution is -2.54. The van der Waals surface area contributed by atoms with Crippen LogP contribution in [0.4, 0.5) is 0 Å². The van der Waals surface area contributed by atoms with Crippen molar-refractivity contribution in [2.24, 2.45) is 11.7 Å². The summed E-state index contributed by atoms with van der Waals surface area (Å²) >= 11 is 0. The zero-order chi connectivity index (χ0) is 14.4. The van der Waals surface area contributed by atoms with Crippen molar-refractivity contribution >= 4 is 0 Å². The SMILES string of the molecule is CCC(C)N1CCN(C(CN)CC2CCCCC2)CC1. The molecule has 1 aliphatic heterocycles. The Hall–Kier alpha value is -0.120. The summed E-state index contributed by atoms with van der Waals surface area (Å²) in [6.45, 7) is 10.4. The van der Waals surface area contributed by atoms with Crippen LogP contribution in [0.5, 0.6) is 0 Å². The van der Waals surface area contributed by atoms with Crippen molar-refractivity contribution in [1.82, 2.24) is 9.80 Å². The third-order valence-corrected chi connectivity index (χ3v) is 5.68. The van der Waals surface area contributed by atoms with Crippen LogP contribution in [-0.2, 0) is 0 Å². The van der Waals surface area contributed by atoms with Gasteiger partial charge in [-0.15, -0.1) is 0 Å². The van der Waals surface area contributed by atoms with E-state index in [0.29, 0.717) is 6.04 Å². The van der Waals surface area contributed by atoms with E-state index in [9.17, 15) is 0 Å². The molecule has 3 heteroatoms. The van der Waals surface area contributed by atoms with Gasteiger partial charge >= 0.3 is 0 Å². The summed E-state index contributed by atoms with van der Waals surface area (Å²) in [4.78, 5) is 5.32. The molecule has 0 spiro atoms. The highest BCUT2D eigenvalue weighted by Crippen LogP contribution is 2.28. The number of hydrogen-bond acceptors (Lipinski definition) is 3. The zero-order valence-corrected chi connectivity index (χ0v) is 13.7. The number of nitrogens with two attached hydrogens (primary N) is 1. The molecule has 2 aliphatic rings. The molecule has 1 heterocycles. The molecule has 0 aromatic heterocycles. The summed E-state index contributed by atoms with van der Waals surface area (Å²) in [5, 5.41) is 0. The van der Waals surface area contributed by atoms with Gasteiger partial charge in [-0.1, -0.05) is 39.0 Å². The third kappa shape index (κ3) is 4.44. The Labute approximate surface area is 125 Å². The Balaban J connectivity index is 1.77. The second-order valence-corrected chi connectivity index (χ2v) is 6.96. The van der Waals surface area contributed by atoms with E-state index in [1.807, 2.05) is 0 Å². The number of nitrogens with zero attached hydrogens (tertiary/aromatic N) is 2. The topological polar surface area (TPSA) is 32.5 Å². The van der Waals surface area contributed by atoms with Crippen LogP contribution in [0, 0.1) is 5.92 Å². The molecular weight excluding hydrogens is 246 g/mol. The number of piperazine rings is 1. The average Bonchev–Trinajstić information content (AvgIpc) is 2.53. The molecule has 2 N–H and O–H groups in total. The Morgan fingerprint density at radius 3 is 2.15 bits per heavy atom. The van der Waals surface area contributed by atoms with E-state index in [2.05, 4.69) is 23.6 Å². The normalized spacial score (nSPS) is 26.6. The number of hydrogen-bond donors (Lipinski definition) is 1. The molecule has 1 saturated carbocycles. The highest BCUT2D eigenvalue weighted by atomic mass is 15.3. The van der Waals surface area contributed by atoms with Gasteiger partial charge in [0.05, 0.1) is 0 Å². The Kier molecular flexibility index (Phi) is 6.79. The molecule has 118 valence electrons. The fourth-order valence-electron chi connectivity index (χ4n) is 4.00. The van der Waals surface area contributed by atoms with Gasteiger partial charge in [0.2, 0.25) is 0 Å². The molecule has 0 amide bonds. The van der Waals surface area contributed by atoms with Crippen LogP contribution in [0.1, 0.15) is 58.8 Å². The van der Waals surface area contributed by atoms with Crippen LogP contribution in [0.2, 0.25) is 0 Å². The number of rotatable bonds is 6. The van der Waals surface area contributed by atoms with Crippen molar-refractivity contribution in [3.8, 4) is 0 Å². The van der Waals surface area contributed by atoms with Crippen molar-refractivity contribution in [2.75, 3.05) is 32.7 Å². The van der Waals surface area contributed by atoms with Crippen LogP contribution >= 0.6 is 0 Å². The van der Waals surface area contributed by atoms with Crippen molar-refractivity contribution in [3.05, 3.63) is 0 Å². The minimum atomic E-state index is 0.636. The first-order valence-electron chi connectivity index (χ1n) is 8.92. The van der Waals surface area contributed by atoms with Gasteiger partial charge in [-0.2, -0.15) is 0 Å². The van der Waals surface area contributed by atoms with E-state index in [1.165, 1.54) is 71.1 Å². The lowest BCUT2D eigenvalue weighted by atomic mass is 9.84. The van der Waals surface area contributed by atoms with Gasteiger partial charge in [-0.25, -0.2) is 0 Å². The van der Waals surface area contributed by atoms with E-state index < -0.39 is 0 Å². The fourth-order valence-corrected chi connectivity index (χ4v) is 4.00. The summed E-state index contributed by atoms with van der Waals surface area (Å²) in [5.41, 5.74) is 6.09. The monoisotopic (exact) mass is 281 g/mol. The first-order valence-corrected chi connectivity index (χ1v) is 8.92. The van der Waals surface area contributed by atoms with Crippen molar-refractivity contribution < 1.29 is 0 Å². The maximum absolute atomic E-state index is 6.09. The predicted molar refractivity (Wildman–Crippen MR) is 86.9 cm³/mol. The van der Waals surface area contributed by atoms with Crippen molar-refractivity contribution in [1.29, 1.82) is 0 Å². The van der Waals surface area contributed by atoms with E-state index in [0.717, 1.165) is 18.5 Å². The first kappa shape index (κ1) is 16.3. The molecule has 2 unspecified atom stereocenters. The molecule has 1 saturated heterocycles. The molecule has 3 nitrogen and oxygen atoms in total. The predicted octanol–water partition coefficient (Wildman–Crippen LogP) is 2.70. The Morgan fingerprint density at radius 1 is 1.00 bits per heavy atom. The first-order chi connectivity index (χ1) is 9.74. The zero-order valence-electron chi connectivity index (χ0n) is 13.7. The lowest BCUT2D eigenvalue weighted by molar-refractivity contribution is 0.0638. The molecule has 2 rings (SSSR count). The van der Waals surface area contributed by atoms with Crippen LogP contribution < -0.4 is 5.73 Å². The van der Waals surface area contributed by atoms with E-state index >= 15 is 0 Å². The molecule has 0 aromatic carbocycles. The fraction of sp³-hybridized carbons (Fsp3) is 1.00. The average molecular weight is 281 g/mol. The second kappa shape index (κ2) is 8.35. The smallest absolute Gasteiger partial charge is 0.0222 e. The quantitative estimate of drug-likeness (QED) is 0.812. The van der Waals surface area contributed by atoms with Crippen LogP contribution in [0.15, 0.2) is 0 Å². The molecule has 1 aliphatic carbocycles. The van der Waals surface area contributed by atoms with Gasteiger partial charge in [0.15, 0.2) is 0 Å². The summed E-state index contributed by atoms with van der Waals surface area (Å²) in [7, 11) is 0. The van der Waals surface area contributed by atoms with Gasteiger partial charge < -0.3 is 5.73 Å². The van der Waals surface area contributed by atoms with Gasteiger partial charge in [-0.3, -0.25) is 9.80 Å². The largest absolute Gasteiger partial charge is 0.329 e. The van der Waals surface area contributed by atoms with Crippen LogP contribution in [0.3, 0.4) is 0 Å². The summed E-state index contributed by atoms with van der Waals surface area (Å²) in [6.07, 6.45) is 9.86. The molecule has 2 atom stereocenters. The van der Waals surface area contributed by atoms with Gasteiger partial charge in [0.25, 0.3) is 0 Å². The molecule has 0 radical (unpaired) electrons. The summed E-state index contributed by atoms with van der Waals surface area (Å²) < 4.78 is 0. The van der Waals surface area contributed by atoms with Crippen LogP contribution in [-0.4, -0.2) is 54.6 Å². The highest BCUT2D eigenvalue weighted by molar-refractivity contribution is 4.83. The van der Waals surface area contributed by atoms with Gasteiger partial charge in [0.1, 0.15) is 0 Å². The summed E-state index contributed by atoms with van der Waals surface area (Å²) in [5.74, 6) is 0.949. The van der Waals surface area contributed by atoms with E-state index in [-0.39, 0.29) is 0 Å². The Morgan fingerprint density at radius 2 is 1.60 bits per heavy atom. The lowest BCUT2D eigenvalue weighted by Gasteiger charge is -2.42. The maximum atomic E-state index is 6.09. The molecule has 2 fully saturated rings. The maximum Gasteiger partial charge on any atom is 0.0222 e. The van der Waals surface area contributed by atoms with Gasteiger partial charge in [0, 0.05) is 44.8 Å². The third-order valence-electron chi connectivity index (χ3n) is 5.68. The van der Waals surface area contributed by atoms with Crippen molar-refractivity contribution in [2.45, 2.75) is 70.9 Å². The van der Waals surface area contributed by atoms with E-state index in [4.69, 9.17) is 5.73 Å². The van der Waals surface area contributed by atoms with Crippen molar-refractivity contribution in [3.63, 3.8) is 0 Å². The van der Waals surface area contributed by atoms with Gasteiger partial charge in [-0.05, 0) is 25.7 Å². The van der Waals surface area contributed by atoms with E-state index in [1.54, 1.807) is 0 Å². The molecule has 0 aromatic rings. The minimum Gasteiger partial charge on any atom is -0.329 e. The summed E-state index contributed by atoms with van der Waals surface area (Å²) in [6, 6.07) is 1.38. The molecule has 0 bridgehead atoms. The standard InChI is InChI=1S/C17H35N3/c1-3-15(2)19-9-11-20(12-10-19)17(14-18)13-16-7-5-4-6-8-16/h15-17H,3-14,18H2,1-2H3. The minimum absolute atomic E-state index is 0.636. The molecular formula is C17H35N3. The molecule has 20 heavy (non-hydrogen) atoms.